The molecule has 0 aliphatic heterocycles. The first-order valence-corrected chi connectivity index (χ1v) is 8.33. The molecule has 1 aliphatic rings. The van der Waals surface area contributed by atoms with E-state index in [0.717, 1.165) is 38.0 Å². The molecule has 1 saturated carbocycles. The Hall–Kier alpha value is -0.770. The fraction of sp³-hybridized carbons (Fsp3) is 0.938. The number of nitrogens with two attached hydrogens (primary N) is 1. The quantitative estimate of drug-likeness (QED) is 0.478. The van der Waals surface area contributed by atoms with E-state index in [1.54, 1.807) is 0 Å². The van der Waals surface area contributed by atoms with Gasteiger partial charge in [-0.3, -0.25) is 9.89 Å². The van der Waals surface area contributed by atoms with E-state index in [4.69, 9.17) is 5.73 Å². The van der Waals surface area contributed by atoms with Gasteiger partial charge >= 0.3 is 0 Å². The molecule has 0 amide bonds. The first kappa shape index (κ1) is 17.3. The number of hydrogen-bond donors (Lipinski definition) is 2. The molecule has 0 bridgehead atoms. The van der Waals surface area contributed by atoms with Crippen LogP contribution < -0.4 is 11.1 Å². The molecule has 118 valence electrons. The molecule has 0 saturated heterocycles. The van der Waals surface area contributed by atoms with E-state index in [2.05, 4.69) is 42.9 Å². The molecule has 0 aromatic rings. The Balaban J connectivity index is 2.13. The Morgan fingerprint density at radius 1 is 1.30 bits per heavy atom. The lowest BCUT2D eigenvalue weighted by atomic mass is 10.0. The molecule has 1 rings (SSSR count). The van der Waals surface area contributed by atoms with Gasteiger partial charge in [0.2, 0.25) is 0 Å². The molecule has 4 nitrogen and oxygen atoms in total. The van der Waals surface area contributed by atoms with Crippen molar-refractivity contribution in [1.29, 1.82) is 0 Å². The molecule has 1 atom stereocenters. The summed E-state index contributed by atoms with van der Waals surface area (Å²) >= 11 is 0. The summed E-state index contributed by atoms with van der Waals surface area (Å²) in [6, 6.07) is 1.24. The minimum atomic E-state index is 0.420. The molecule has 0 radical (unpaired) electrons. The number of rotatable bonds is 10. The van der Waals surface area contributed by atoms with Crippen molar-refractivity contribution < 1.29 is 0 Å². The van der Waals surface area contributed by atoms with Crippen molar-refractivity contribution in [2.45, 2.75) is 71.9 Å². The van der Waals surface area contributed by atoms with Crippen LogP contribution in [0.25, 0.3) is 0 Å². The lowest BCUT2D eigenvalue weighted by Gasteiger charge is -2.19. The highest BCUT2D eigenvalue weighted by molar-refractivity contribution is 5.78. The van der Waals surface area contributed by atoms with Gasteiger partial charge < -0.3 is 11.1 Å². The molecular weight excluding hydrogens is 248 g/mol. The van der Waals surface area contributed by atoms with E-state index in [0.29, 0.717) is 12.0 Å². The van der Waals surface area contributed by atoms with Crippen LogP contribution >= 0.6 is 0 Å². The number of aliphatic imine (C=N–C) groups is 1. The molecule has 1 fully saturated rings. The predicted octanol–water partition coefficient (Wildman–Crippen LogP) is 2.59. The first-order chi connectivity index (χ1) is 9.52. The number of nitrogens with one attached hydrogen (secondary N) is 1. The summed E-state index contributed by atoms with van der Waals surface area (Å²) in [4.78, 5) is 6.95. The molecule has 0 aromatic carbocycles. The number of hydrogen-bond acceptors (Lipinski definition) is 2. The highest BCUT2D eigenvalue weighted by Crippen LogP contribution is 2.25. The Kier molecular flexibility index (Phi) is 7.97. The Labute approximate surface area is 125 Å². The van der Waals surface area contributed by atoms with Gasteiger partial charge in [0, 0.05) is 18.6 Å². The van der Waals surface area contributed by atoms with Gasteiger partial charge in [-0.15, -0.1) is 0 Å². The lowest BCUT2D eigenvalue weighted by Crippen LogP contribution is -2.39. The summed E-state index contributed by atoms with van der Waals surface area (Å²) < 4.78 is 0. The van der Waals surface area contributed by atoms with Crippen LogP contribution in [0.1, 0.15) is 59.8 Å². The van der Waals surface area contributed by atoms with Crippen molar-refractivity contribution in [3.8, 4) is 0 Å². The summed E-state index contributed by atoms with van der Waals surface area (Å²) in [6.45, 7) is 11.9. The molecule has 0 aromatic heterocycles. The van der Waals surface area contributed by atoms with Gasteiger partial charge in [-0.2, -0.15) is 0 Å². The van der Waals surface area contributed by atoms with Crippen LogP contribution in [0.15, 0.2) is 4.99 Å². The fourth-order valence-corrected chi connectivity index (χ4v) is 2.54. The van der Waals surface area contributed by atoms with E-state index in [1.807, 2.05) is 0 Å². The Morgan fingerprint density at radius 2 is 2.00 bits per heavy atom. The summed E-state index contributed by atoms with van der Waals surface area (Å²) in [5.41, 5.74) is 5.95. The normalized spacial score (nSPS) is 17.8. The SMILES string of the molecule is CCN(CCN=C(N)NC(C)CCCC(C)C)C1CC1. The largest absolute Gasteiger partial charge is 0.370 e. The maximum absolute atomic E-state index is 5.95. The minimum absolute atomic E-state index is 0.420. The van der Waals surface area contributed by atoms with Crippen molar-refractivity contribution in [2.75, 3.05) is 19.6 Å². The van der Waals surface area contributed by atoms with E-state index in [9.17, 15) is 0 Å². The number of nitrogens with zero attached hydrogens (tertiary/aromatic N) is 2. The molecule has 1 unspecified atom stereocenters. The summed E-state index contributed by atoms with van der Waals surface area (Å²) in [5, 5.41) is 3.30. The van der Waals surface area contributed by atoms with Crippen LogP contribution in [0.4, 0.5) is 0 Å². The molecule has 0 spiro atoms. The topological polar surface area (TPSA) is 53.6 Å². The average Bonchev–Trinajstić information content (AvgIpc) is 3.18. The molecule has 20 heavy (non-hydrogen) atoms. The average molecular weight is 282 g/mol. The van der Waals surface area contributed by atoms with Crippen molar-refractivity contribution in [1.82, 2.24) is 10.2 Å². The zero-order valence-electron chi connectivity index (χ0n) is 13.9. The third kappa shape index (κ3) is 7.73. The van der Waals surface area contributed by atoms with Crippen LogP contribution in [-0.4, -0.2) is 42.6 Å². The summed E-state index contributed by atoms with van der Waals surface area (Å²) in [7, 11) is 0. The molecule has 4 heteroatoms. The van der Waals surface area contributed by atoms with Crippen molar-refractivity contribution >= 4 is 5.96 Å². The van der Waals surface area contributed by atoms with Gasteiger partial charge in [0.1, 0.15) is 0 Å². The van der Waals surface area contributed by atoms with E-state index in [-0.39, 0.29) is 0 Å². The van der Waals surface area contributed by atoms with Gasteiger partial charge in [0.05, 0.1) is 6.54 Å². The van der Waals surface area contributed by atoms with Gasteiger partial charge in [0.15, 0.2) is 5.96 Å². The predicted molar refractivity (Wildman–Crippen MR) is 88.0 cm³/mol. The number of guanidine groups is 1. The van der Waals surface area contributed by atoms with Crippen molar-refractivity contribution in [3.05, 3.63) is 0 Å². The van der Waals surface area contributed by atoms with Crippen LogP contribution in [0, 0.1) is 5.92 Å². The second-order valence-electron chi connectivity index (χ2n) is 6.50. The highest BCUT2D eigenvalue weighted by Gasteiger charge is 2.26. The third-order valence-electron chi connectivity index (χ3n) is 3.95. The van der Waals surface area contributed by atoms with Crippen LogP contribution in [0.2, 0.25) is 0 Å². The second-order valence-corrected chi connectivity index (χ2v) is 6.50. The monoisotopic (exact) mass is 282 g/mol. The summed E-state index contributed by atoms with van der Waals surface area (Å²) in [6.07, 6.45) is 6.42. The minimum Gasteiger partial charge on any atom is -0.370 e. The van der Waals surface area contributed by atoms with Gasteiger partial charge in [-0.05, 0) is 38.6 Å². The fourth-order valence-electron chi connectivity index (χ4n) is 2.54. The van der Waals surface area contributed by atoms with Crippen LogP contribution in [0.3, 0.4) is 0 Å². The van der Waals surface area contributed by atoms with E-state index >= 15 is 0 Å². The van der Waals surface area contributed by atoms with Crippen LogP contribution in [-0.2, 0) is 0 Å². The Bertz CT molecular complexity index is 284. The van der Waals surface area contributed by atoms with Crippen molar-refractivity contribution in [2.24, 2.45) is 16.6 Å². The van der Waals surface area contributed by atoms with E-state index in [1.165, 1.54) is 25.7 Å². The molecule has 3 N–H and O–H groups in total. The van der Waals surface area contributed by atoms with Gasteiger partial charge in [0.25, 0.3) is 0 Å². The van der Waals surface area contributed by atoms with Gasteiger partial charge in [-0.25, -0.2) is 0 Å². The van der Waals surface area contributed by atoms with Crippen molar-refractivity contribution in [3.63, 3.8) is 0 Å². The van der Waals surface area contributed by atoms with E-state index < -0.39 is 0 Å². The Morgan fingerprint density at radius 3 is 2.55 bits per heavy atom. The highest BCUT2D eigenvalue weighted by atomic mass is 15.2. The lowest BCUT2D eigenvalue weighted by molar-refractivity contribution is 0.286. The maximum Gasteiger partial charge on any atom is 0.188 e. The zero-order valence-corrected chi connectivity index (χ0v) is 13.9. The molecule has 1 aliphatic carbocycles. The summed E-state index contributed by atoms with van der Waals surface area (Å²) in [5.74, 6) is 1.39. The maximum atomic E-state index is 5.95. The second kappa shape index (κ2) is 9.22. The first-order valence-electron chi connectivity index (χ1n) is 8.33. The number of likely N-dealkylation sites (N-methyl/N-ethyl adjacent to an activating group) is 1. The molecular formula is C16H34N4. The third-order valence-corrected chi connectivity index (χ3v) is 3.95. The zero-order chi connectivity index (χ0) is 15.0. The van der Waals surface area contributed by atoms with Crippen LogP contribution in [0.5, 0.6) is 0 Å². The standard InChI is InChI=1S/C16H34N4/c1-5-20(15-9-10-15)12-11-18-16(17)19-14(4)8-6-7-13(2)3/h13-15H,5-12H2,1-4H3,(H3,17,18,19). The molecule has 0 heterocycles. The smallest absolute Gasteiger partial charge is 0.188 e. The van der Waals surface area contributed by atoms with Gasteiger partial charge in [-0.1, -0.05) is 33.6 Å².